The van der Waals surface area contributed by atoms with Gasteiger partial charge >= 0.3 is 0 Å². The van der Waals surface area contributed by atoms with E-state index in [9.17, 15) is 13.5 Å². The second-order valence-corrected chi connectivity index (χ2v) is 12.2. The van der Waals surface area contributed by atoms with Crippen LogP contribution in [0.5, 0.6) is 11.5 Å². The van der Waals surface area contributed by atoms with E-state index < -0.39 is 16.1 Å². The minimum absolute atomic E-state index is 0.194. The van der Waals surface area contributed by atoms with E-state index in [-0.39, 0.29) is 5.75 Å². The lowest BCUT2D eigenvalue weighted by Gasteiger charge is -2.37. The van der Waals surface area contributed by atoms with E-state index in [4.69, 9.17) is 4.74 Å². The zero-order chi connectivity index (χ0) is 26.0. The summed E-state index contributed by atoms with van der Waals surface area (Å²) in [5.74, 6) is 1.30. The number of ether oxygens (including phenoxy) is 1. The van der Waals surface area contributed by atoms with Crippen LogP contribution in [0.15, 0.2) is 71.6 Å². The van der Waals surface area contributed by atoms with Gasteiger partial charge in [0.05, 0.1) is 10.9 Å². The maximum Gasteiger partial charge on any atom is 0.243 e. The molecule has 196 valence electrons. The molecule has 0 aliphatic carbocycles. The zero-order valence-corrected chi connectivity index (χ0v) is 22.5. The lowest BCUT2D eigenvalue weighted by molar-refractivity contribution is 0.237. The van der Waals surface area contributed by atoms with Crippen molar-refractivity contribution in [1.82, 2.24) is 9.21 Å². The maximum atomic E-state index is 13.9. The molecule has 0 radical (unpaired) electrons. The van der Waals surface area contributed by atoms with Crippen LogP contribution in [0.1, 0.15) is 60.9 Å². The second kappa shape index (κ2) is 10.9. The first-order valence-corrected chi connectivity index (χ1v) is 14.7. The Morgan fingerprint density at radius 3 is 2.32 bits per heavy atom. The van der Waals surface area contributed by atoms with Crippen molar-refractivity contribution in [3.8, 4) is 11.5 Å². The van der Waals surface area contributed by atoms with Crippen molar-refractivity contribution in [3.63, 3.8) is 0 Å². The van der Waals surface area contributed by atoms with E-state index in [0.29, 0.717) is 30.4 Å². The van der Waals surface area contributed by atoms with Crippen LogP contribution in [0, 0.1) is 0 Å². The summed E-state index contributed by atoms with van der Waals surface area (Å²) in [6.07, 6.45) is 3.06. The monoisotopic (exact) mass is 520 g/mol. The van der Waals surface area contributed by atoms with Crippen LogP contribution < -0.4 is 4.74 Å². The Balaban J connectivity index is 1.43. The Hall–Kier alpha value is -2.87. The lowest BCUT2D eigenvalue weighted by Crippen LogP contribution is -2.40. The second-order valence-electron chi connectivity index (χ2n) is 10.3. The summed E-state index contributed by atoms with van der Waals surface area (Å²) in [4.78, 5) is 2.71. The average Bonchev–Trinajstić information content (AvgIpc) is 3.42. The number of sulfonamides is 1. The van der Waals surface area contributed by atoms with Crippen molar-refractivity contribution in [1.29, 1.82) is 0 Å². The van der Waals surface area contributed by atoms with Crippen molar-refractivity contribution in [2.24, 2.45) is 0 Å². The molecule has 37 heavy (non-hydrogen) atoms. The summed E-state index contributed by atoms with van der Waals surface area (Å²) in [6.45, 7) is 8.36. The number of aromatic hydroxyl groups is 1. The smallest absolute Gasteiger partial charge is 0.243 e. The third-order valence-electron chi connectivity index (χ3n) is 7.53. The van der Waals surface area contributed by atoms with Gasteiger partial charge in [-0.2, -0.15) is 4.31 Å². The summed E-state index contributed by atoms with van der Waals surface area (Å²) in [5, 5.41) is 10.1. The van der Waals surface area contributed by atoms with Gasteiger partial charge < -0.3 is 9.84 Å². The Morgan fingerprint density at radius 2 is 1.65 bits per heavy atom. The van der Waals surface area contributed by atoms with Gasteiger partial charge in [-0.1, -0.05) is 44.2 Å². The number of benzene rings is 3. The van der Waals surface area contributed by atoms with Crippen molar-refractivity contribution in [3.05, 3.63) is 89.0 Å². The molecule has 0 bridgehead atoms. The predicted molar refractivity (Wildman–Crippen MR) is 146 cm³/mol. The van der Waals surface area contributed by atoms with Crippen molar-refractivity contribution >= 4 is 10.0 Å². The number of hydrogen-bond donors (Lipinski definition) is 1. The van der Waals surface area contributed by atoms with Crippen LogP contribution >= 0.6 is 0 Å². The molecule has 3 aromatic carbocycles. The number of phenolic OH excluding ortho intramolecular Hbond substituents is 1. The highest BCUT2D eigenvalue weighted by Gasteiger charge is 2.37. The van der Waals surface area contributed by atoms with E-state index >= 15 is 0 Å². The largest absolute Gasteiger partial charge is 0.508 e. The van der Waals surface area contributed by atoms with E-state index in [1.54, 1.807) is 28.6 Å². The fourth-order valence-corrected chi connectivity index (χ4v) is 7.00. The number of hydrogen-bond acceptors (Lipinski definition) is 5. The van der Waals surface area contributed by atoms with Crippen molar-refractivity contribution in [2.45, 2.75) is 50.0 Å². The summed E-state index contributed by atoms with van der Waals surface area (Å²) >= 11 is 0. The number of likely N-dealkylation sites (tertiary alicyclic amines) is 1. The minimum Gasteiger partial charge on any atom is -0.508 e. The molecule has 2 aliphatic heterocycles. The number of nitrogens with zero attached hydrogens (tertiary/aromatic N) is 2. The molecule has 1 unspecified atom stereocenters. The summed E-state index contributed by atoms with van der Waals surface area (Å²) < 4.78 is 35.4. The SMILES string of the molecule is CC(C)c1ccc(S(=O)(=O)N2CCc3cc(O)ccc3C2c2ccc(OCCN3CCCC3)cc2)cc1. The summed E-state index contributed by atoms with van der Waals surface area (Å²) in [7, 11) is -3.75. The van der Waals surface area contributed by atoms with Crippen LogP contribution in [-0.2, 0) is 16.4 Å². The molecule has 2 aliphatic rings. The Bertz CT molecular complexity index is 1310. The van der Waals surface area contributed by atoms with Gasteiger partial charge in [-0.15, -0.1) is 0 Å². The Morgan fingerprint density at radius 1 is 0.946 bits per heavy atom. The van der Waals surface area contributed by atoms with E-state index in [1.165, 1.54) is 12.8 Å². The highest BCUT2D eigenvalue weighted by Crippen LogP contribution is 2.40. The highest BCUT2D eigenvalue weighted by molar-refractivity contribution is 7.89. The molecule has 5 rings (SSSR count). The molecule has 1 fully saturated rings. The fraction of sp³-hybridized carbons (Fsp3) is 0.400. The van der Waals surface area contributed by atoms with Crippen LogP contribution in [0.2, 0.25) is 0 Å². The molecule has 3 aromatic rings. The quantitative estimate of drug-likeness (QED) is 0.435. The maximum absolute atomic E-state index is 13.9. The van der Waals surface area contributed by atoms with Crippen LogP contribution in [0.3, 0.4) is 0 Å². The van der Waals surface area contributed by atoms with Gasteiger partial charge in [0.15, 0.2) is 0 Å². The zero-order valence-electron chi connectivity index (χ0n) is 21.6. The molecule has 7 heteroatoms. The van der Waals surface area contributed by atoms with E-state index in [2.05, 4.69) is 18.7 Å². The Kier molecular flexibility index (Phi) is 7.56. The molecule has 1 saturated heterocycles. The Labute approximate surface area is 220 Å². The molecule has 0 aromatic heterocycles. The highest BCUT2D eigenvalue weighted by atomic mass is 32.2. The van der Waals surface area contributed by atoms with Crippen LogP contribution in [-0.4, -0.2) is 55.5 Å². The van der Waals surface area contributed by atoms with Crippen LogP contribution in [0.4, 0.5) is 0 Å². The van der Waals surface area contributed by atoms with Gasteiger partial charge in [0.1, 0.15) is 18.1 Å². The molecule has 2 heterocycles. The molecule has 0 saturated carbocycles. The first-order chi connectivity index (χ1) is 17.8. The third kappa shape index (κ3) is 5.54. The molecule has 1 atom stereocenters. The van der Waals surface area contributed by atoms with Gasteiger partial charge in [-0.25, -0.2) is 8.42 Å². The number of fused-ring (bicyclic) bond motifs is 1. The normalized spacial score (nSPS) is 18.7. The van der Waals surface area contributed by atoms with E-state index in [0.717, 1.165) is 47.6 Å². The lowest BCUT2D eigenvalue weighted by atomic mass is 9.89. The van der Waals surface area contributed by atoms with E-state index in [1.807, 2.05) is 42.5 Å². The molecule has 0 spiro atoms. The fourth-order valence-electron chi connectivity index (χ4n) is 5.40. The van der Waals surface area contributed by atoms with Gasteiger partial charge in [0.25, 0.3) is 0 Å². The molecular weight excluding hydrogens is 484 g/mol. The number of rotatable bonds is 8. The molecular formula is C30H36N2O4S. The molecule has 6 nitrogen and oxygen atoms in total. The predicted octanol–water partition coefficient (Wildman–Crippen LogP) is 5.33. The molecule has 1 N–H and O–H groups in total. The number of phenols is 1. The van der Waals surface area contributed by atoms with Gasteiger partial charge in [0.2, 0.25) is 10.0 Å². The summed E-state index contributed by atoms with van der Waals surface area (Å²) in [6, 6.07) is 19.7. The van der Waals surface area contributed by atoms with Crippen molar-refractivity contribution < 1.29 is 18.3 Å². The minimum atomic E-state index is -3.75. The van der Waals surface area contributed by atoms with Gasteiger partial charge in [-0.05, 0) is 96.9 Å². The first-order valence-electron chi connectivity index (χ1n) is 13.2. The van der Waals surface area contributed by atoms with Crippen molar-refractivity contribution in [2.75, 3.05) is 32.8 Å². The summed E-state index contributed by atoms with van der Waals surface area (Å²) in [5.41, 5.74) is 3.85. The van der Waals surface area contributed by atoms with Gasteiger partial charge in [-0.3, -0.25) is 4.90 Å². The molecule has 0 amide bonds. The van der Waals surface area contributed by atoms with Gasteiger partial charge in [0, 0.05) is 13.1 Å². The van der Waals surface area contributed by atoms with Crippen LogP contribution in [0.25, 0.3) is 0 Å². The standard InChI is InChI=1S/C30H36N2O4S/c1-22(2)23-7-12-28(13-8-23)37(34,35)32-18-15-25-21-26(33)9-14-29(25)30(32)24-5-10-27(11-6-24)36-20-19-31-16-3-4-17-31/h5-14,21-22,30,33H,3-4,15-20H2,1-2H3. The average molecular weight is 521 g/mol. The third-order valence-corrected chi connectivity index (χ3v) is 9.41. The first kappa shape index (κ1) is 25.8. The topological polar surface area (TPSA) is 70.1 Å².